The maximum Gasteiger partial charge on any atom is 0.343 e. The van der Waals surface area contributed by atoms with Gasteiger partial charge in [0.15, 0.2) is 0 Å². The highest BCUT2D eigenvalue weighted by molar-refractivity contribution is 6.30. The molecule has 0 saturated carbocycles. The minimum atomic E-state index is -0.592. The van der Waals surface area contributed by atoms with Gasteiger partial charge >= 0.3 is 11.9 Å². The maximum atomic E-state index is 12.8. The lowest BCUT2D eigenvalue weighted by atomic mass is 10.2. The number of halogens is 1. The van der Waals surface area contributed by atoms with E-state index in [4.69, 9.17) is 30.2 Å². The van der Waals surface area contributed by atoms with Gasteiger partial charge in [-0.15, -0.1) is 0 Å². The maximum absolute atomic E-state index is 12.8. The van der Waals surface area contributed by atoms with E-state index in [0.29, 0.717) is 21.9 Å². The highest BCUT2D eigenvalue weighted by Crippen LogP contribution is 2.25. The molecule has 1 aromatic heterocycles. The van der Waals surface area contributed by atoms with Crippen molar-refractivity contribution in [3.63, 3.8) is 0 Å². The average Bonchev–Trinajstić information content (AvgIpc) is 2.81. The van der Waals surface area contributed by atoms with Crippen LogP contribution in [-0.4, -0.2) is 18.5 Å². The van der Waals surface area contributed by atoms with Gasteiger partial charge in [0, 0.05) is 11.1 Å². The summed E-state index contributed by atoms with van der Waals surface area (Å²) >= 11 is 5.90. The van der Waals surface area contributed by atoms with E-state index in [1.165, 1.54) is 42.7 Å². The van der Waals surface area contributed by atoms with E-state index in [-0.39, 0.29) is 29.1 Å². The third-order valence-electron chi connectivity index (χ3n) is 4.58. The van der Waals surface area contributed by atoms with Crippen LogP contribution in [-0.2, 0) is 4.74 Å². The van der Waals surface area contributed by atoms with E-state index in [9.17, 15) is 14.4 Å². The van der Waals surface area contributed by atoms with Crippen molar-refractivity contribution in [1.29, 1.82) is 0 Å². The Morgan fingerprint density at radius 2 is 1.67 bits per heavy atom. The van der Waals surface area contributed by atoms with Gasteiger partial charge in [0.25, 0.3) is 0 Å². The zero-order valence-corrected chi connectivity index (χ0v) is 18.1. The van der Waals surface area contributed by atoms with Crippen LogP contribution >= 0.6 is 11.6 Å². The topological polar surface area (TPSA) is 92.0 Å². The lowest BCUT2D eigenvalue weighted by molar-refractivity contribution is 0.0526. The molecule has 0 N–H and O–H groups in total. The number of fused-ring (bicyclic) bond motifs is 1. The van der Waals surface area contributed by atoms with Crippen LogP contribution in [0.4, 0.5) is 0 Å². The first-order chi connectivity index (χ1) is 15.9. The van der Waals surface area contributed by atoms with E-state index in [1.807, 2.05) is 0 Å². The predicted molar refractivity (Wildman–Crippen MR) is 121 cm³/mol. The monoisotopic (exact) mass is 464 g/mol. The zero-order chi connectivity index (χ0) is 23.4. The van der Waals surface area contributed by atoms with Crippen LogP contribution in [0.15, 0.2) is 82.2 Å². The summed E-state index contributed by atoms with van der Waals surface area (Å²) < 4.78 is 21.4. The molecule has 0 bridgehead atoms. The second-order valence-corrected chi connectivity index (χ2v) is 7.27. The van der Waals surface area contributed by atoms with E-state index < -0.39 is 17.4 Å². The smallest absolute Gasteiger partial charge is 0.343 e. The number of carbonyl (C=O) groups is 2. The minimum absolute atomic E-state index is 0.0324. The predicted octanol–water partition coefficient (Wildman–Crippen LogP) is 5.63. The second-order valence-electron chi connectivity index (χ2n) is 6.83. The fourth-order valence-corrected chi connectivity index (χ4v) is 3.20. The van der Waals surface area contributed by atoms with Gasteiger partial charge in [0.1, 0.15) is 23.3 Å². The van der Waals surface area contributed by atoms with Crippen LogP contribution in [0.5, 0.6) is 17.2 Å². The Morgan fingerprint density at radius 3 is 2.39 bits per heavy atom. The molecule has 0 aliphatic rings. The molecule has 33 heavy (non-hydrogen) atoms. The largest absolute Gasteiger partial charge is 0.462 e. The molecule has 4 aromatic rings. The Labute approximate surface area is 193 Å². The Bertz CT molecular complexity index is 1390. The fourth-order valence-electron chi connectivity index (χ4n) is 3.01. The number of esters is 2. The summed E-state index contributed by atoms with van der Waals surface area (Å²) in [4.78, 5) is 36.9. The van der Waals surface area contributed by atoms with Crippen LogP contribution in [0.2, 0.25) is 5.02 Å². The summed E-state index contributed by atoms with van der Waals surface area (Å²) in [6.45, 7) is 2.00. The lowest BCUT2D eigenvalue weighted by Crippen LogP contribution is -2.09. The molecule has 8 heteroatoms. The molecule has 0 aliphatic heterocycles. The van der Waals surface area contributed by atoms with Gasteiger partial charge in [-0.3, -0.25) is 4.79 Å². The van der Waals surface area contributed by atoms with Crippen molar-refractivity contribution in [1.82, 2.24) is 0 Å². The first-order valence-corrected chi connectivity index (χ1v) is 10.3. The molecule has 0 aliphatic carbocycles. The van der Waals surface area contributed by atoms with Crippen LogP contribution < -0.4 is 14.9 Å². The van der Waals surface area contributed by atoms with E-state index in [1.54, 1.807) is 37.3 Å². The van der Waals surface area contributed by atoms with Crippen molar-refractivity contribution in [2.24, 2.45) is 0 Å². The van der Waals surface area contributed by atoms with Crippen molar-refractivity contribution in [2.75, 3.05) is 6.61 Å². The van der Waals surface area contributed by atoms with Crippen molar-refractivity contribution < 1.29 is 28.2 Å². The molecule has 166 valence electrons. The summed E-state index contributed by atoms with van der Waals surface area (Å²) in [5.74, 6) is -0.512. The number of carbonyl (C=O) groups excluding carboxylic acids is 2. The van der Waals surface area contributed by atoms with E-state index in [0.717, 1.165) is 0 Å². The first kappa shape index (κ1) is 22.1. The second kappa shape index (κ2) is 9.58. The molecule has 0 amide bonds. The van der Waals surface area contributed by atoms with E-state index >= 15 is 0 Å². The van der Waals surface area contributed by atoms with Gasteiger partial charge in [-0.25, -0.2) is 9.59 Å². The molecule has 0 fully saturated rings. The van der Waals surface area contributed by atoms with Crippen LogP contribution in [0, 0.1) is 0 Å². The Balaban J connectivity index is 1.53. The molecule has 0 saturated heterocycles. The molecule has 0 radical (unpaired) electrons. The molecule has 0 spiro atoms. The third kappa shape index (κ3) is 5.05. The molecular weight excluding hydrogens is 448 g/mol. The van der Waals surface area contributed by atoms with E-state index in [2.05, 4.69) is 0 Å². The summed E-state index contributed by atoms with van der Waals surface area (Å²) in [5, 5.41) is 0.662. The van der Waals surface area contributed by atoms with Crippen LogP contribution in [0.25, 0.3) is 11.0 Å². The quantitative estimate of drug-likeness (QED) is 0.269. The average molecular weight is 465 g/mol. The molecule has 1 heterocycles. The minimum Gasteiger partial charge on any atom is -0.462 e. The van der Waals surface area contributed by atoms with Gasteiger partial charge in [0.2, 0.25) is 11.2 Å². The van der Waals surface area contributed by atoms with Crippen molar-refractivity contribution in [2.45, 2.75) is 6.92 Å². The Kier molecular flexibility index (Phi) is 6.42. The van der Waals surface area contributed by atoms with Crippen molar-refractivity contribution in [3.05, 3.63) is 99.4 Å². The highest BCUT2D eigenvalue weighted by Gasteiger charge is 2.14. The van der Waals surface area contributed by atoms with Gasteiger partial charge in [-0.1, -0.05) is 17.7 Å². The number of ether oxygens (including phenoxy) is 3. The molecule has 3 aromatic carbocycles. The normalized spacial score (nSPS) is 10.6. The molecule has 7 nitrogen and oxygen atoms in total. The Hall–Kier alpha value is -4.10. The van der Waals surface area contributed by atoms with Gasteiger partial charge in [-0.2, -0.15) is 0 Å². The summed E-state index contributed by atoms with van der Waals surface area (Å²) in [6.07, 6.45) is 1.17. The number of hydrogen-bond acceptors (Lipinski definition) is 7. The van der Waals surface area contributed by atoms with Crippen molar-refractivity contribution in [3.8, 4) is 17.2 Å². The number of hydrogen-bond donors (Lipinski definition) is 0. The first-order valence-electron chi connectivity index (χ1n) is 9.93. The zero-order valence-electron chi connectivity index (χ0n) is 17.4. The summed E-state index contributed by atoms with van der Waals surface area (Å²) in [5.41, 5.74) is 0.483. The molecular formula is C25H17ClO7. The summed E-state index contributed by atoms with van der Waals surface area (Å²) in [7, 11) is 0. The Morgan fingerprint density at radius 1 is 0.909 bits per heavy atom. The molecule has 0 unspecified atom stereocenters. The standard InChI is InChI=1S/C25H17ClO7/c1-2-30-24(28)15-6-8-18(9-7-15)32-22-14-31-21-13-19(10-11-20(21)23(22)27)33-25(29)16-4-3-5-17(26)12-16/h3-14H,2H2,1H3. The SMILES string of the molecule is CCOC(=O)c1ccc(Oc2coc3cc(OC(=O)c4cccc(Cl)c4)ccc3c2=O)cc1. The fraction of sp³-hybridized carbons (Fsp3) is 0.0800. The van der Waals surface area contributed by atoms with Crippen molar-refractivity contribution >= 4 is 34.5 Å². The van der Waals surface area contributed by atoms with Crippen LogP contribution in [0.3, 0.4) is 0 Å². The number of rotatable bonds is 6. The van der Waals surface area contributed by atoms with Gasteiger partial charge in [0.05, 0.1) is 23.1 Å². The van der Waals surface area contributed by atoms with Crippen LogP contribution in [0.1, 0.15) is 27.6 Å². The number of benzene rings is 3. The van der Waals surface area contributed by atoms with Gasteiger partial charge < -0.3 is 18.6 Å². The molecule has 4 rings (SSSR count). The highest BCUT2D eigenvalue weighted by atomic mass is 35.5. The summed E-state index contributed by atoms with van der Waals surface area (Å²) in [6, 6.07) is 17.0. The lowest BCUT2D eigenvalue weighted by Gasteiger charge is -2.08. The molecule has 0 atom stereocenters. The van der Waals surface area contributed by atoms with Gasteiger partial charge in [-0.05, 0) is 61.5 Å². The third-order valence-corrected chi connectivity index (χ3v) is 4.81.